The number of nitrogen functional groups attached to an aromatic ring is 1. The molecule has 1 atom stereocenters. The molecule has 0 amide bonds. The number of benzene rings is 1. The highest BCUT2D eigenvalue weighted by atomic mass is 127. The van der Waals surface area contributed by atoms with Crippen LogP contribution in [0.1, 0.15) is 32.2 Å². The number of aromatic nitrogens is 2. The molecule has 0 radical (unpaired) electrons. The summed E-state index contributed by atoms with van der Waals surface area (Å²) in [5.41, 5.74) is 7.59. The molecule has 1 saturated carbocycles. The second kappa shape index (κ2) is 4.36. The first-order valence-corrected chi connectivity index (χ1v) is 7.28. The van der Waals surface area contributed by atoms with E-state index >= 15 is 0 Å². The molecule has 0 saturated heterocycles. The summed E-state index contributed by atoms with van der Waals surface area (Å²) in [6.45, 7) is 2.15. The van der Waals surface area contributed by atoms with Gasteiger partial charge in [-0.1, -0.05) is 6.42 Å². The summed E-state index contributed by atoms with van der Waals surface area (Å²) in [4.78, 5) is 4.35. The molecule has 2 N–H and O–H groups in total. The Hall–Kier alpha value is -0.850. The van der Waals surface area contributed by atoms with Crippen LogP contribution < -0.4 is 5.73 Å². The zero-order chi connectivity index (χ0) is 12.9. The lowest BCUT2D eigenvalue weighted by Gasteiger charge is -2.33. The van der Waals surface area contributed by atoms with Crippen molar-refractivity contribution in [3.05, 3.63) is 21.5 Å². The van der Waals surface area contributed by atoms with Crippen molar-refractivity contribution in [3.63, 3.8) is 0 Å². The minimum atomic E-state index is -0.204. The van der Waals surface area contributed by atoms with Gasteiger partial charge in [0.15, 0.2) is 0 Å². The molecule has 3 nitrogen and oxygen atoms in total. The Morgan fingerprint density at radius 2 is 2.22 bits per heavy atom. The first kappa shape index (κ1) is 12.2. The number of imidazole rings is 1. The van der Waals surface area contributed by atoms with Crippen molar-refractivity contribution in [2.24, 2.45) is 5.92 Å². The van der Waals surface area contributed by atoms with Crippen LogP contribution in [-0.4, -0.2) is 9.55 Å². The lowest BCUT2D eigenvalue weighted by atomic mass is 9.80. The van der Waals surface area contributed by atoms with Gasteiger partial charge in [0.25, 0.3) is 0 Å². The second-order valence-corrected chi connectivity index (χ2v) is 6.19. The maximum absolute atomic E-state index is 13.7. The molecule has 1 aliphatic rings. The molecule has 2 aromatic rings. The van der Waals surface area contributed by atoms with Gasteiger partial charge < -0.3 is 10.3 Å². The van der Waals surface area contributed by atoms with E-state index in [0.29, 0.717) is 21.5 Å². The van der Waals surface area contributed by atoms with Gasteiger partial charge in [-0.2, -0.15) is 0 Å². The van der Waals surface area contributed by atoms with Crippen LogP contribution in [0.4, 0.5) is 10.3 Å². The summed E-state index contributed by atoms with van der Waals surface area (Å²) in [6.07, 6.45) is 3.74. The number of anilines is 1. The molecule has 0 spiro atoms. The molecule has 18 heavy (non-hydrogen) atoms. The van der Waals surface area contributed by atoms with Crippen molar-refractivity contribution in [1.82, 2.24) is 9.55 Å². The van der Waals surface area contributed by atoms with E-state index in [2.05, 4.69) is 11.9 Å². The average molecular weight is 359 g/mol. The summed E-state index contributed by atoms with van der Waals surface area (Å²) in [5, 5.41) is 0. The van der Waals surface area contributed by atoms with Crippen LogP contribution in [0.2, 0.25) is 0 Å². The normalized spacial score (nSPS) is 17.9. The van der Waals surface area contributed by atoms with Crippen molar-refractivity contribution in [1.29, 1.82) is 0 Å². The van der Waals surface area contributed by atoms with Crippen LogP contribution in [-0.2, 0) is 0 Å². The van der Waals surface area contributed by atoms with E-state index in [0.717, 1.165) is 11.0 Å². The molecule has 1 heterocycles. The topological polar surface area (TPSA) is 43.8 Å². The largest absolute Gasteiger partial charge is 0.369 e. The molecular formula is C13H15FIN3. The van der Waals surface area contributed by atoms with Gasteiger partial charge in [0.1, 0.15) is 5.82 Å². The molecule has 1 aromatic carbocycles. The number of nitrogens with zero attached hydrogens (tertiary/aromatic N) is 2. The van der Waals surface area contributed by atoms with Gasteiger partial charge in [-0.3, -0.25) is 0 Å². The van der Waals surface area contributed by atoms with E-state index in [1.807, 2.05) is 27.2 Å². The Bertz CT molecular complexity index is 604. The molecule has 1 aliphatic carbocycles. The van der Waals surface area contributed by atoms with E-state index in [1.54, 1.807) is 12.1 Å². The van der Waals surface area contributed by atoms with Crippen LogP contribution in [0.3, 0.4) is 0 Å². The monoisotopic (exact) mass is 359 g/mol. The Labute approximate surface area is 119 Å². The van der Waals surface area contributed by atoms with Gasteiger partial charge in [-0.05, 0) is 54.3 Å². The molecule has 1 aromatic heterocycles. The molecular weight excluding hydrogens is 344 g/mol. The van der Waals surface area contributed by atoms with Crippen molar-refractivity contribution in [3.8, 4) is 0 Å². The molecule has 0 bridgehead atoms. The van der Waals surface area contributed by atoms with Gasteiger partial charge in [0, 0.05) is 12.1 Å². The fourth-order valence-electron chi connectivity index (χ4n) is 2.67. The third-order valence-corrected chi connectivity index (χ3v) is 4.82. The second-order valence-electron chi connectivity index (χ2n) is 5.03. The Balaban J connectivity index is 2.15. The van der Waals surface area contributed by atoms with Gasteiger partial charge in [0.2, 0.25) is 5.95 Å². The third-order valence-electron chi connectivity index (χ3n) is 4.00. The Morgan fingerprint density at radius 1 is 1.50 bits per heavy atom. The van der Waals surface area contributed by atoms with Gasteiger partial charge in [0.05, 0.1) is 14.6 Å². The number of halogens is 2. The van der Waals surface area contributed by atoms with Crippen LogP contribution >= 0.6 is 22.6 Å². The molecule has 96 valence electrons. The number of hydrogen-bond donors (Lipinski definition) is 1. The van der Waals surface area contributed by atoms with Crippen molar-refractivity contribution in [2.75, 3.05) is 5.73 Å². The summed E-state index contributed by atoms with van der Waals surface area (Å²) in [5.74, 6) is 0.933. The zero-order valence-corrected chi connectivity index (χ0v) is 12.3. The van der Waals surface area contributed by atoms with E-state index in [1.165, 1.54) is 19.3 Å². The maximum atomic E-state index is 13.7. The summed E-state index contributed by atoms with van der Waals surface area (Å²) >= 11 is 1.98. The van der Waals surface area contributed by atoms with Crippen LogP contribution in [0, 0.1) is 15.3 Å². The fourth-order valence-corrected chi connectivity index (χ4v) is 3.12. The van der Waals surface area contributed by atoms with Crippen molar-refractivity contribution < 1.29 is 4.39 Å². The van der Waals surface area contributed by atoms with Gasteiger partial charge in [-0.25, -0.2) is 9.37 Å². The summed E-state index contributed by atoms with van der Waals surface area (Å²) in [7, 11) is 0. The molecule has 5 heteroatoms. The molecule has 0 aliphatic heterocycles. The first-order chi connectivity index (χ1) is 8.58. The highest BCUT2D eigenvalue weighted by molar-refractivity contribution is 14.1. The first-order valence-electron chi connectivity index (χ1n) is 6.20. The standard InChI is InChI=1S/C13H15FIN3/c1-7(8-3-2-4-8)18-12-5-9(14)10(15)6-11(12)17-13(18)16/h5-8H,2-4H2,1H3,(H2,16,17). The Kier molecular flexibility index (Phi) is 2.96. The predicted molar refractivity (Wildman–Crippen MR) is 78.9 cm³/mol. The Morgan fingerprint density at radius 3 is 2.83 bits per heavy atom. The fraction of sp³-hybridized carbons (Fsp3) is 0.462. The van der Waals surface area contributed by atoms with Crippen LogP contribution in [0.25, 0.3) is 11.0 Å². The van der Waals surface area contributed by atoms with Crippen LogP contribution in [0.5, 0.6) is 0 Å². The molecule has 1 unspecified atom stereocenters. The predicted octanol–water partition coefficient (Wildman–Crippen LogP) is 3.72. The van der Waals surface area contributed by atoms with E-state index in [9.17, 15) is 4.39 Å². The highest BCUT2D eigenvalue weighted by Gasteiger charge is 2.27. The number of hydrogen-bond acceptors (Lipinski definition) is 2. The smallest absolute Gasteiger partial charge is 0.201 e. The number of rotatable bonds is 2. The third kappa shape index (κ3) is 1.79. The van der Waals surface area contributed by atoms with Gasteiger partial charge >= 0.3 is 0 Å². The van der Waals surface area contributed by atoms with Gasteiger partial charge in [-0.15, -0.1) is 0 Å². The minimum absolute atomic E-state index is 0.204. The molecule has 1 fully saturated rings. The van der Waals surface area contributed by atoms with Crippen LogP contribution in [0.15, 0.2) is 12.1 Å². The quantitative estimate of drug-likeness (QED) is 0.831. The minimum Gasteiger partial charge on any atom is -0.369 e. The van der Waals surface area contributed by atoms with E-state index in [-0.39, 0.29) is 5.82 Å². The van der Waals surface area contributed by atoms with E-state index < -0.39 is 0 Å². The highest BCUT2D eigenvalue weighted by Crippen LogP contribution is 2.39. The SMILES string of the molecule is CC(C1CCC1)n1c(N)nc2cc(I)c(F)cc21. The van der Waals surface area contributed by atoms with E-state index in [4.69, 9.17) is 5.73 Å². The number of fused-ring (bicyclic) bond motifs is 1. The average Bonchev–Trinajstić information content (AvgIpc) is 2.52. The van der Waals surface area contributed by atoms with Crippen molar-refractivity contribution in [2.45, 2.75) is 32.2 Å². The summed E-state index contributed by atoms with van der Waals surface area (Å²) < 4.78 is 16.3. The lowest BCUT2D eigenvalue weighted by molar-refractivity contribution is 0.227. The van der Waals surface area contributed by atoms with Crippen molar-refractivity contribution >= 4 is 39.6 Å². The molecule has 3 rings (SSSR count). The number of nitrogens with two attached hydrogens (primary N) is 1. The summed E-state index contributed by atoms with van der Waals surface area (Å²) in [6, 6.07) is 3.60. The maximum Gasteiger partial charge on any atom is 0.201 e. The lowest BCUT2D eigenvalue weighted by Crippen LogP contribution is -2.23. The zero-order valence-electron chi connectivity index (χ0n) is 10.2.